The maximum absolute atomic E-state index is 12.1. The Morgan fingerprint density at radius 3 is 2.72 bits per heavy atom. The van der Waals surface area contributed by atoms with Gasteiger partial charge in [-0.15, -0.1) is 0 Å². The summed E-state index contributed by atoms with van der Waals surface area (Å²) in [5.41, 5.74) is -0.407. The molecule has 1 N–H and O–H groups in total. The molecule has 1 aliphatic rings. The van der Waals surface area contributed by atoms with Gasteiger partial charge in [-0.25, -0.2) is 4.79 Å². The third kappa shape index (κ3) is 5.25. The summed E-state index contributed by atoms with van der Waals surface area (Å²) >= 11 is 0. The maximum Gasteiger partial charge on any atom is 0.410 e. The molecule has 4 heteroatoms. The molecule has 4 nitrogen and oxygen atoms in total. The van der Waals surface area contributed by atoms with Crippen molar-refractivity contribution in [1.29, 1.82) is 0 Å². The number of carbonyl (C=O) groups is 1. The van der Waals surface area contributed by atoms with Crippen LogP contribution in [0.2, 0.25) is 0 Å². The highest BCUT2D eigenvalue weighted by Crippen LogP contribution is 2.19. The summed E-state index contributed by atoms with van der Waals surface area (Å²) < 4.78 is 5.47. The molecule has 1 atom stereocenters. The number of amides is 1. The van der Waals surface area contributed by atoms with E-state index in [0.29, 0.717) is 6.04 Å². The second kappa shape index (κ2) is 6.98. The van der Waals surface area contributed by atoms with E-state index in [1.807, 2.05) is 25.7 Å². The van der Waals surface area contributed by atoms with Crippen LogP contribution in [0.5, 0.6) is 0 Å². The average molecular weight is 256 g/mol. The molecule has 1 saturated heterocycles. The van der Waals surface area contributed by atoms with Crippen LogP contribution in [0, 0.1) is 0 Å². The summed E-state index contributed by atoms with van der Waals surface area (Å²) in [6, 6.07) is 0.292. The number of hydrogen-bond acceptors (Lipinski definition) is 3. The van der Waals surface area contributed by atoms with Gasteiger partial charge < -0.3 is 15.0 Å². The fourth-order valence-electron chi connectivity index (χ4n) is 2.22. The van der Waals surface area contributed by atoms with Crippen molar-refractivity contribution in [2.45, 2.75) is 65.0 Å². The van der Waals surface area contributed by atoms with Crippen molar-refractivity contribution in [3.63, 3.8) is 0 Å². The molecule has 0 radical (unpaired) electrons. The van der Waals surface area contributed by atoms with Gasteiger partial charge in [-0.2, -0.15) is 0 Å². The standard InChI is InChI=1S/C14H28N2O2/c1-5-9-15-11-12-8-6-7-10-16(12)13(17)18-14(2,3)4/h12,15H,5-11H2,1-4H3/t12-/m0/s1. The molecule has 0 unspecified atom stereocenters. The number of nitrogens with one attached hydrogen (secondary N) is 1. The lowest BCUT2D eigenvalue weighted by Crippen LogP contribution is -2.50. The monoisotopic (exact) mass is 256 g/mol. The number of piperidine rings is 1. The van der Waals surface area contributed by atoms with Gasteiger partial charge in [0.25, 0.3) is 0 Å². The van der Waals surface area contributed by atoms with Crippen LogP contribution in [0.3, 0.4) is 0 Å². The Balaban J connectivity index is 2.50. The van der Waals surface area contributed by atoms with E-state index in [1.165, 1.54) is 6.42 Å². The van der Waals surface area contributed by atoms with Gasteiger partial charge in [0.05, 0.1) is 0 Å². The highest BCUT2D eigenvalue weighted by atomic mass is 16.6. The Morgan fingerprint density at radius 1 is 1.39 bits per heavy atom. The first-order chi connectivity index (χ1) is 8.44. The Bertz CT molecular complexity index is 261. The number of hydrogen-bond donors (Lipinski definition) is 1. The molecular weight excluding hydrogens is 228 g/mol. The van der Waals surface area contributed by atoms with E-state index in [2.05, 4.69) is 12.2 Å². The molecule has 1 rings (SSSR count). The molecule has 1 fully saturated rings. The summed E-state index contributed by atoms with van der Waals surface area (Å²) in [5.74, 6) is 0. The Labute approximate surface area is 111 Å². The van der Waals surface area contributed by atoms with Crippen LogP contribution in [0.1, 0.15) is 53.4 Å². The van der Waals surface area contributed by atoms with Crippen molar-refractivity contribution >= 4 is 6.09 Å². The summed E-state index contributed by atoms with van der Waals surface area (Å²) in [4.78, 5) is 14.0. The number of nitrogens with zero attached hydrogens (tertiary/aromatic N) is 1. The molecule has 0 bridgehead atoms. The Kier molecular flexibility index (Phi) is 5.93. The van der Waals surface area contributed by atoms with Crippen LogP contribution < -0.4 is 5.32 Å². The van der Waals surface area contributed by atoms with Gasteiger partial charge in [-0.3, -0.25) is 0 Å². The van der Waals surface area contributed by atoms with Crippen LogP contribution in [-0.4, -0.2) is 42.3 Å². The second-order valence-corrected chi connectivity index (χ2v) is 6.03. The fourth-order valence-corrected chi connectivity index (χ4v) is 2.22. The zero-order valence-corrected chi connectivity index (χ0v) is 12.3. The number of likely N-dealkylation sites (tertiary alicyclic amines) is 1. The lowest BCUT2D eigenvalue weighted by atomic mass is 10.0. The van der Waals surface area contributed by atoms with Crippen LogP contribution >= 0.6 is 0 Å². The summed E-state index contributed by atoms with van der Waals surface area (Å²) in [6.45, 7) is 10.6. The van der Waals surface area contributed by atoms with E-state index in [-0.39, 0.29) is 6.09 Å². The Morgan fingerprint density at radius 2 is 2.11 bits per heavy atom. The first kappa shape index (κ1) is 15.3. The van der Waals surface area contributed by atoms with E-state index >= 15 is 0 Å². The third-order valence-electron chi connectivity index (χ3n) is 3.06. The predicted molar refractivity (Wildman–Crippen MR) is 73.7 cm³/mol. The summed E-state index contributed by atoms with van der Waals surface area (Å²) in [6.07, 6.45) is 4.33. The van der Waals surface area contributed by atoms with E-state index in [9.17, 15) is 4.79 Å². The molecule has 1 amide bonds. The molecule has 0 spiro atoms. The van der Waals surface area contributed by atoms with Gasteiger partial charge in [0.2, 0.25) is 0 Å². The van der Waals surface area contributed by atoms with E-state index in [4.69, 9.17) is 4.74 Å². The third-order valence-corrected chi connectivity index (χ3v) is 3.06. The molecular formula is C14H28N2O2. The summed E-state index contributed by atoms with van der Waals surface area (Å²) in [7, 11) is 0. The van der Waals surface area contributed by atoms with E-state index in [1.54, 1.807) is 0 Å². The van der Waals surface area contributed by atoms with Gasteiger partial charge in [0.15, 0.2) is 0 Å². The topological polar surface area (TPSA) is 41.6 Å². The van der Waals surface area contributed by atoms with Crippen molar-refractivity contribution in [3.05, 3.63) is 0 Å². The number of carbonyl (C=O) groups excluding carboxylic acids is 1. The SMILES string of the molecule is CCCNC[C@@H]1CCCCN1C(=O)OC(C)(C)C. The lowest BCUT2D eigenvalue weighted by Gasteiger charge is -2.36. The first-order valence-corrected chi connectivity index (χ1v) is 7.14. The zero-order chi connectivity index (χ0) is 13.6. The second-order valence-electron chi connectivity index (χ2n) is 6.03. The zero-order valence-electron chi connectivity index (χ0n) is 12.3. The predicted octanol–water partition coefficient (Wildman–Crippen LogP) is 2.78. The quantitative estimate of drug-likeness (QED) is 0.786. The van der Waals surface area contributed by atoms with Crippen LogP contribution in [-0.2, 0) is 4.74 Å². The van der Waals surface area contributed by atoms with Crippen molar-refractivity contribution in [1.82, 2.24) is 10.2 Å². The van der Waals surface area contributed by atoms with Crippen LogP contribution in [0.4, 0.5) is 4.79 Å². The first-order valence-electron chi connectivity index (χ1n) is 7.14. The average Bonchev–Trinajstić information content (AvgIpc) is 2.27. The van der Waals surface area contributed by atoms with Crippen molar-refractivity contribution < 1.29 is 9.53 Å². The highest BCUT2D eigenvalue weighted by molar-refractivity contribution is 5.68. The van der Waals surface area contributed by atoms with Gasteiger partial charge in [-0.05, 0) is 53.0 Å². The Hall–Kier alpha value is -0.770. The summed E-state index contributed by atoms with van der Waals surface area (Å²) in [5, 5.41) is 3.40. The molecule has 0 aromatic rings. The van der Waals surface area contributed by atoms with Crippen molar-refractivity contribution in [2.75, 3.05) is 19.6 Å². The highest BCUT2D eigenvalue weighted by Gasteiger charge is 2.29. The maximum atomic E-state index is 12.1. The molecule has 0 aliphatic carbocycles. The lowest BCUT2D eigenvalue weighted by molar-refractivity contribution is 0.00999. The molecule has 0 aromatic heterocycles. The molecule has 106 valence electrons. The minimum atomic E-state index is -0.407. The van der Waals surface area contributed by atoms with Gasteiger partial charge in [-0.1, -0.05) is 6.92 Å². The van der Waals surface area contributed by atoms with Crippen molar-refractivity contribution in [2.24, 2.45) is 0 Å². The van der Waals surface area contributed by atoms with Crippen LogP contribution in [0.25, 0.3) is 0 Å². The van der Waals surface area contributed by atoms with Crippen LogP contribution in [0.15, 0.2) is 0 Å². The smallest absolute Gasteiger partial charge is 0.410 e. The molecule has 1 aliphatic heterocycles. The van der Waals surface area contributed by atoms with E-state index < -0.39 is 5.60 Å². The van der Waals surface area contributed by atoms with Gasteiger partial charge in [0.1, 0.15) is 5.60 Å². The molecule has 0 saturated carbocycles. The van der Waals surface area contributed by atoms with Gasteiger partial charge in [0, 0.05) is 19.1 Å². The molecule has 0 aromatic carbocycles. The molecule has 18 heavy (non-hydrogen) atoms. The van der Waals surface area contributed by atoms with Crippen molar-refractivity contribution in [3.8, 4) is 0 Å². The molecule has 1 heterocycles. The van der Waals surface area contributed by atoms with E-state index in [0.717, 1.165) is 38.9 Å². The number of rotatable bonds is 4. The normalized spacial score (nSPS) is 20.9. The minimum Gasteiger partial charge on any atom is -0.444 e. The fraction of sp³-hybridized carbons (Fsp3) is 0.929. The van der Waals surface area contributed by atoms with Gasteiger partial charge >= 0.3 is 6.09 Å². The largest absolute Gasteiger partial charge is 0.444 e. The minimum absolute atomic E-state index is 0.162. The number of ether oxygens (including phenoxy) is 1.